The second-order valence-corrected chi connectivity index (χ2v) is 7.02. The van der Waals surface area contributed by atoms with Gasteiger partial charge >= 0.3 is 11.9 Å². The summed E-state index contributed by atoms with van der Waals surface area (Å²) in [5.74, 6) is -3.71. The molecule has 0 aliphatic carbocycles. The Morgan fingerprint density at radius 1 is 1.03 bits per heavy atom. The minimum Gasteiger partial charge on any atom is -0.466 e. The van der Waals surface area contributed by atoms with E-state index in [0.29, 0.717) is 11.6 Å². The number of rotatable bonds is 6. The van der Waals surface area contributed by atoms with Crippen LogP contribution < -0.4 is 10.6 Å². The average molecular weight is 479 g/mol. The normalized spacial score (nSPS) is 15.3. The van der Waals surface area contributed by atoms with Crippen molar-refractivity contribution < 1.29 is 28.9 Å². The number of non-ortho nitro benzene ring substituents is 1. The molecule has 2 N–H and O–H groups in total. The predicted molar refractivity (Wildman–Crippen MR) is 119 cm³/mol. The Kier molecular flexibility index (Phi) is 6.77. The Morgan fingerprint density at radius 3 is 2.17 bits per heavy atom. The van der Waals surface area contributed by atoms with Crippen LogP contribution in [0.15, 0.2) is 71.2 Å². The molecule has 1 heterocycles. The molecule has 0 saturated heterocycles. The summed E-state index contributed by atoms with van der Waals surface area (Å²) in [6.45, 7) is 0. The minimum atomic E-state index is -1.17. The highest BCUT2D eigenvalue weighted by molar-refractivity contribution is 6.06. The van der Waals surface area contributed by atoms with Crippen LogP contribution in [0.25, 0.3) is 0 Å². The predicted octanol–water partition coefficient (Wildman–Crippen LogP) is 2.40. The van der Waals surface area contributed by atoms with Crippen molar-refractivity contribution in [2.24, 2.45) is 5.73 Å². The number of ether oxygens (including phenoxy) is 2. The summed E-state index contributed by atoms with van der Waals surface area (Å²) in [6, 6.07) is 12.7. The van der Waals surface area contributed by atoms with Crippen molar-refractivity contribution in [3.63, 3.8) is 0 Å². The second kappa shape index (κ2) is 9.71. The van der Waals surface area contributed by atoms with E-state index >= 15 is 0 Å². The monoisotopic (exact) mass is 479 g/mol. The maximum atomic E-state index is 13.0. The molecule has 13 heteroatoms. The van der Waals surface area contributed by atoms with Gasteiger partial charge in [-0.05, 0) is 11.6 Å². The first-order chi connectivity index (χ1) is 16.7. The third-order valence-corrected chi connectivity index (χ3v) is 5.22. The zero-order chi connectivity index (χ0) is 25.9. The number of anilines is 1. The van der Waals surface area contributed by atoms with Crippen molar-refractivity contribution in [2.45, 2.75) is 5.92 Å². The standard InChI is InChI=1S/C22H17N5O8/c1-34-21(28)18-17(12-6-4-3-5-7-12)14(11-23)20(24)25(19(18)22(29)35-2)15-9-8-13(26(30)31)10-16(15)27(32)33/h3-10,17H,24H2,1-2H3. The quantitative estimate of drug-likeness (QED) is 0.363. The molecule has 0 bridgehead atoms. The first-order valence-corrected chi connectivity index (χ1v) is 9.76. The van der Waals surface area contributed by atoms with E-state index in [-0.39, 0.29) is 11.1 Å². The molecule has 0 amide bonds. The molecule has 178 valence electrons. The molecule has 0 aromatic heterocycles. The van der Waals surface area contributed by atoms with Crippen LogP contribution in [0.1, 0.15) is 11.5 Å². The first-order valence-electron chi connectivity index (χ1n) is 9.76. The Morgan fingerprint density at radius 2 is 1.66 bits per heavy atom. The maximum Gasteiger partial charge on any atom is 0.355 e. The number of carbonyl (C=O) groups excluding carboxylic acids is 2. The number of hydrogen-bond acceptors (Lipinski definition) is 11. The zero-order valence-electron chi connectivity index (χ0n) is 18.3. The molecule has 3 rings (SSSR count). The molecule has 0 fully saturated rings. The lowest BCUT2D eigenvalue weighted by atomic mass is 9.81. The van der Waals surface area contributed by atoms with E-state index in [1.54, 1.807) is 30.3 Å². The summed E-state index contributed by atoms with van der Waals surface area (Å²) in [5.41, 5.74) is 3.78. The summed E-state index contributed by atoms with van der Waals surface area (Å²) < 4.78 is 9.72. The average Bonchev–Trinajstić information content (AvgIpc) is 2.86. The lowest BCUT2D eigenvalue weighted by Gasteiger charge is -2.35. The summed E-state index contributed by atoms with van der Waals surface area (Å²) in [5, 5.41) is 33.0. The molecule has 1 unspecified atom stereocenters. The number of carbonyl (C=O) groups is 2. The highest BCUT2D eigenvalue weighted by atomic mass is 16.6. The van der Waals surface area contributed by atoms with Crippen molar-refractivity contribution in [1.82, 2.24) is 0 Å². The van der Waals surface area contributed by atoms with Gasteiger partial charge in [0, 0.05) is 6.07 Å². The molecule has 35 heavy (non-hydrogen) atoms. The molecule has 13 nitrogen and oxygen atoms in total. The summed E-state index contributed by atoms with van der Waals surface area (Å²) in [4.78, 5) is 48.0. The van der Waals surface area contributed by atoms with Crippen LogP contribution in [0.3, 0.4) is 0 Å². The van der Waals surface area contributed by atoms with Crippen LogP contribution in [0.4, 0.5) is 17.1 Å². The first kappa shape index (κ1) is 24.4. The van der Waals surface area contributed by atoms with E-state index in [4.69, 9.17) is 15.2 Å². The molecule has 1 aliphatic rings. The van der Waals surface area contributed by atoms with Gasteiger partial charge in [0.25, 0.3) is 11.4 Å². The Hall–Kier alpha value is -5.25. The smallest absolute Gasteiger partial charge is 0.355 e. The van der Waals surface area contributed by atoms with E-state index in [1.165, 1.54) is 0 Å². The van der Waals surface area contributed by atoms with E-state index in [2.05, 4.69) is 0 Å². The topological polar surface area (TPSA) is 192 Å². The fourth-order valence-corrected chi connectivity index (χ4v) is 3.72. The number of hydrogen-bond donors (Lipinski definition) is 1. The third kappa shape index (κ3) is 4.23. The number of nitro benzene ring substituents is 2. The highest BCUT2D eigenvalue weighted by Crippen LogP contribution is 2.45. The molecule has 1 aliphatic heterocycles. The SMILES string of the molecule is COC(=O)C1=C(C(=O)OC)N(c2ccc([N+](=O)[O-])cc2[N+](=O)[O-])C(N)=C(C#N)C1c1ccccc1. The van der Waals surface area contributed by atoms with Gasteiger partial charge in [0.2, 0.25) is 0 Å². The maximum absolute atomic E-state index is 13.0. The number of nitriles is 1. The third-order valence-electron chi connectivity index (χ3n) is 5.22. The van der Waals surface area contributed by atoms with Crippen molar-refractivity contribution in [2.75, 3.05) is 19.1 Å². The Balaban J connectivity index is 2.48. The molecule has 2 aromatic carbocycles. The fraction of sp³-hybridized carbons (Fsp3) is 0.136. The number of nitrogens with zero attached hydrogens (tertiary/aromatic N) is 4. The zero-order valence-corrected chi connectivity index (χ0v) is 18.3. The summed E-state index contributed by atoms with van der Waals surface area (Å²) in [7, 11) is 2.07. The van der Waals surface area contributed by atoms with Gasteiger partial charge in [-0.15, -0.1) is 0 Å². The number of allylic oxidation sites excluding steroid dienone is 1. The van der Waals surface area contributed by atoms with Gasteiger partial charge in [0.1, 0.15) is 17.2 Å². The molecule has 0 radical (unpaired) electrons. The lowest BCUT2D eigenvalue weighted by Crippen LogP contribution is -2.41. The fourth-order valence-electron chi connectivity index (χ4n) is 3.72. The largest absolute Gasteiger partial charge is 0.466 e. The van der Waals surface area contributed by atoms with E-state index in [9.17, 15) is 35.1 Å². The van der Waals surface area contributed by atoms with Gasteiger partial charge in [-0.25, -0.2) is 9.59 Å². The van der Waals surface area contributed by atoms with Gasteiger partial charge in [-0.3, -0.25) is 25.1 Å². The molecular weight excluding hydrogens is 462 g/mol. The van der Waals surface area contributed by atoms with E-state index in [1.807, 2.05) is 6.07 Å². The number of nitro groups is 2. The highest BCUT2D eigenvalue weighted by Gasteiger charge is 2.44. The van der Waals surface area contributed by atoms with Crippen molar-refractivity contribution >= 4 is 29.0 Å². The van der Waals surface area contributed by atoms with Crippen molar-refractivity contribution in [1.29, 1.82) is 5.26 Å². The van der Waals surface area contributed by atoms with Crippen LogP contribution in [0.2, 0.25) is 0 Å². The lowest BCUT2D eigenvalue weighted by molar-refractivity contribution is -0.393. The van der Waals surface area contributed by atoms with Gasteiger partial charge in [-0.2, -0.15) is 5.26 Å². The van der Waals surface area contributed by atoms with Crippen LogP contribution >= 0.6 is 0 Å². The Labute approximate surface area is 197 Å². The summed E-state index contributed by atoms with van der Waals surface area (Å²) >= 11 is 0. The van der Waals surface area contributed by atoms with Crippen LogP contribution in [0.5, 0.6) is 0 Å². The minimum absolute atomic E-state index is 0.211. The van der Waals surface area contributed by atoms with Crippen LogP contribution in [0, 0.1) is 31.6 Å². The number of benzene rings is 2. The van der Waals surface area contributed by atoms with Gasteiger partial charge in [0.05, 0.1) is 53.3 Å². The number of methoxy groups -OCH3 is 2. The molecule has 0 spiro atoms. The van der Waals surface area contributed by atoms with Crippen LogP contribution in [-0.4, -0.2) is 36.0 Å². The molecule has 1 atom stereocenters. The van der Waals surface area contributed by atoms with Crippen molar-refractivity contribution in [3.05, 3.63) is 97.0 Å². The van der Waals surface area contributed by atoms with Gasteiger partial charge < -0.3 is 15.2 Å². The summed E-state index contributed by atoms with van der Waals surface area (Å²) in [6.07, 6.45) is 0. The van der Waals surface area contributed by atoms with E-state index in [0.717, 1.165) is 31.3 Å². The number of esters is 2. The van der Waals surface area contributed by atoms with Crippen molar-refractivity contribution in [3.8, 4) is 6.07 Å². The molecule has 0 saturated carbocycles. The molecular formula is C22H17N5O8. The van der Waals surface area contributed by atoms with Gasteiger partial charge in [0.15, 0.2) is 0 Å². The Bertz CT molecular complexity index is 1340. The van der Waals surface area contributed by atoms with E-state index < -0.39 is 56.3 Å². The number of nitrogens with two attached hydrogens (primary N) is 1. The second-order valence-electron chi connectivity index (χ2n) is 7.02. The van der Waals surface area contributed by atoms with Crippen LogP contribution in [-0.2, 0) is 19.1 Å². The molecule has 2 aromatic rings. The van der Waals surface area contributed by atoms with Gasteiger partial charge in [-0.1, -0.05) is 30.3 Å².